The summed E-state index contributed by atoms with van der Waals surface area (Å²) in [6, 6.07) is -0.324. The molecule has 1 atom stereocenters. The van der Waals surface area contributed by atoms with Crippen molar-refractivity contribution in [3.05, 3.63) is 29.9 Å². The number of carbonyl (C=O) groups excluding carboxylic acids is 2. The van der Waals surface area contributed by atoms with Crippen molar-refractivity contribution >= 4 is 17.6 Å². The number of nitrogens with zero attached hydrogens (tertiary/aromatic N) is 2. The van der Waals surface area contributed by atoms with E-state index < -0.39 is 11.7 Å². The summed E-state index contributed by atoms with van der Waals surface area (Å²) in [6.45, 7) is 5.43. The van der Waals surface area contributed by atoms with Gasteiger partial charge in [-0.2, -0.15) is 0 Å². The van der Waals surface area contributed by atoms with E-state index >= 15 is 0 Å². The summed E-state index contributed by atoms with van der Waals surface area (Å²) in [5.74, 6) is -0.337. The van der Waals surface area contributed by atoms with Crippen LogP contribution >= 0.6 is 0 Å². The molecule has 1 aliphatic carbocycles. The van der Waals surface area contributed by atoms with E-state index in [-0.39, 0.29) is 18.4 Å². The van der Waals surface area contributed by atoms with Crippen molar-refractivity contribution in [2.45, 2.75) is 51.7 Å². The maximum absolute atomic E-state index is 12.1. The first kappa shape index (κ1) is 17.9. The topological polar surface area (TPSA) is 90.4 Å². The van der Waals surface area contributed by atoms with Crippen molar-refractivity contribution in [2.24, 2.45) is 0 Å². The third-order valence-electron chi connectivity index (χ3n) is 3.46. The number of ether oxygens (including phenoxy) is 2. The van der Waals surface area contributed by atoms with Crippen molar-refractivity contribution in [1.29, 1.82) is 0 Å². The number of alkyl carbamates (subject to hydrolysis) is 1. The largest absolute Gasteiger partial charge is 0.469 e. The number of hydrogen-bond acceptors (Lipinski definition) is 6. The van der Waals surface area contributed by atoms with E-state index in [1.807, 2.05) is 26.8 Å². The summed E-state index contributed by atoms with van der Waals surface area (Å²) in [5, 5.41) is 2.85. The zero-order valence-corrected chi connectivity index (χ0v) is 14.5. The minimum Gasteiger partial charge on any atom is -0.469 e. The molecule has 0 aliphatic heterocycles. The molecule has 7 nitrogen and oxygen atoms in total. The molecule has 1 heterocycles. The number of hydrogen-bond donors (Lipinski definition) is 1. The van der Waals surface area contributed by atoms with E-state index in [4.69, 9.17) is 9.47 Å². The van der Waals surface area contributed by atoms with Gasteiger partial charge in [0.15, 0.2) is 0 Å². The lowest BCUT2D eigenvalue weighted by atomic mass is 10.0. The molecular weight excluding hydrogens is 310 g/mol. The first-order chi connectivity index (χ1) is 11.3. The monoisotopic (exact) mass is 333 g/mol. The number of methoxy groups -OCH3 is 1. The van der Waals surface area contributed by atoms with Crippen LogP contribution in [0.5, 0.6) is 0 Å². The fraction of sp³-hybridized carbons (Fsp3) is 0.529. The van der Waals surface area contributed by atoms with Gasteiger partial charge in [0.05, 0.1) is 31.0 Å². The van der Waals surface area contributed by atoms with Crippen LogP contribution in [0.25, 0.3) is 5.57 Å². The molecule has 1 aliphatic rings. The highest BCUT2D eigenvalue weighted by Crippen LogP contribution is 2.31. The second kappa shape index (κ2) is 7.42. The number of aromatic nitrogens is 2. The average molecular weight is 333 g/mol. The number of esters is 1. The Morgan fingerprint density at radius 2 is 2.00 bits per heavy atom. The molecule has 0 saturated heterocycles. The molecule has 0 fully saturated rings. The van der Waals surface area contributed by atoms with Crippen LogP contribution in [0.15, 0.2) is 18.5 Å². The van der Waals surface area contributed by atoms with Crippen LogP contribution in [0.1, 0.15) is 57.5 Å². The van der Waals surface area contributed by atoms with Crippen molar-refractivity contribution in [1.82, 2.24) is 15.3 Å². The third-order valence-corrected chi connectivity index (χ3v) is 3.46. The van der Waals surface area contributed by atoms with Crippen LogP contribution < -0.4 is 5.32 Å². The predicted molar refractivity (Wildman–Crippen MR) is 88.0 cm³/mol. The summed E-state index contributed by atoms with van der Waals surface area (Å²) in [5.41, 5.74) is 1.44. The lowest BCUT2D eigenvalue weighted by Gasteiger charge is -2.23. The fourth-order valence-electron chi connectivity index (χ4n) is 2.48. The normalized spacial score (nSPS) is 17.2. The molecule has 0 aromatic carbocycles. The Kier molecular flexibility index (Phi) is 5.54. The summed E-state index contributed by atoms with van der Waals surface area (Å²) in [7, 11) is 1.35. The predicted octanol–water partition coefficient (Wildman–Crippen LogP) is 2.78. The summed E-state index contributed by atoms with van der Waals surface area (Å²) < 4.78 is 10.1. The Hall–Kier alpha value is -2.44. The molecule has 24 heavy (non-hydrogen) atoms. The van der Waals surface area contributed by atoms with Crippen LogP contribution in [-0.2, 0) is 14.3 Å². The Morgan fingerprint density at radius 1 is 1.29 bits per heavy atom. The molecule has 0 unspecified atom stereocenters. The van der Waals surface area contributed by atoms with E-state index in [9.17, 15) is 9.59 Å². The van der Waals surface area contributed by atoms with E-state index in [2.05, 4.69) is 15.3 Å². The highest BCUT2D eigenvalue weighted by atomic mass is 16.6. The molecule has 1 amide bonds. The number of amides is 1. The minimum absolute atomic E-state index is 0.126. The van der Waals surface area contributed by atoms with Crippen LogP contribution in [0, 0.1) is 0 Å². The van der Waals surface area contributed by atoms with Crippen molar-refractivity contribution in [3.8, 4) is 0 Å². The van der Waals surface area contributed by atoms with Gasteiger partial charge >= 0.3 is 12.1 Å². The first-order valence-electron chi connectivity index (χ1n) is 7.87. The van der Waals surface area contributed by atoms with E-state index in [0.717, 1.165) is 5.57 Å². The summed E-state index contributed by atoms with van der Waals surface area (Å²) >= 11 is 0. The van der Waals surface area contributed by atoms with Crippen LogP contribution in [0.3, 0.4) is 0 Å². The van der Waals surface area contributed by atoms with Crippen LogP contribution in [-0.4, -0.2) is 34.7 Å². The standard InChI is InChI=1S/C17H23N3O4/c1-17(2,3)24-16(22)20-12-7-5-6-11(10-13(21)23-4)14-15(12)19-9-8-18-14/h6,8-9,12H,5,7,10H2,1-4H3,(H,20,22)/t12-/m0/s1. The lowest BCUT2D eigenvalue weighted by Crippen LogP contribution is -2.35. The third kappa shape index (κ3) is 4.78. The van der Waals surface area contributed by atoms with Crippen molar-refractivity contribution in [2.75, 3.05) is 7.11 Å². The highest BCUT2D eigenvalue weighted by molar-refractivity contribution is 5.85. The van der Waals surface area contributed by atoms with Gasteiger partial charge in [-0.05, 0) is 39.2 Å². The SMILES string of the molecule is COC(=O)CC1=CCC[C@H](NC(=O)OC(C)(C)C)c2nccnc21. The Bertz CT molecular complexity index is 649. The number of carbonyl (C=O) groups is 2. The van der Waals surface area contributed by atoms with Crippen molar-refractivity contribution in [3.63, 3.8) is 0 Å². The van der Waals surface area contributed by atoms with E-state index in [0.29, 0.717) is 24.2 Å². The lowest BCUT2D eigenvalue weighted by molar-refractivity contribution is -0.139. The van der Waals surface area contributed by atoms with E-state index in [1.165, 1.54) is 7.11 Å². The second-order valence-corrected chi connectivity index (χ2v) is 6.55. The molecule has 1 aromatic rings. The van der Waals surface area contributed by atoms with Gasteiger partial charge in [-0.1, -0.05) is 6.08 Å². The molecule has 130 valence electrons. The highest BCUT2D eigenvalue weighted by Gasteiger charge is 2.27. The van der Waals surface area contributed by atoms with Gasteiger partial charge in [0.2, 0.25) is 0 Å². The van der Waals surface area contributed by atoms with Gasteiger partial charge in [-0.3, -0.25) is 14.8 Å². The van der Waals surface area contributed by atoms with Gasteiger partial charge in [0.25, 0.3) is 0 Å². The first-order valence-corrected chi connectivity index (χ1v) is 7.87. The molecular formula is C17H23N3O4. The molecule has 1 aromatic heterocycles. The van der Waals surface area contributed by atoms with Crippen LogP contribution in [0.4, 0.5) is 4.79 Å². The quantitative estimate of drug-likeness (QED) is 0.855. The summed E-state index contributed by atoms with van der Waals surface area (Å²) in [4.78, 5) is 32.4. The number of nitrogens with one attached hydrogen (secondary N) is 1. The number of rotatable bonds is 3. The molecule has 2 rings (SSSR count). The molecule has 1 N–H and O–H groups in total. The smallest absolute Gasteiger partial charge is 0.408 e. The zero-order valence-electron chi connectivity index (χ0n) is 14.5. The fourth-order valence-corrected chi connectivity index (χ4v) is 2.48. The van der Waals surface area contributed by atoms with Gasteiger partial charge in [-0.15, -0.1) is 0 Å². The van der Waals surface area contributed by atoms with Gasteiger partial charge in [0, 0.05) is 12.4 Å². The van der Waals surface area contributed by atoms with Gasteiger partial charge in [0.1, 0.15) is 5.60 Å². The van der Waals surface area contributed by atoms with E-state index in [1.54, 1.807) is 12.4 Å². The van der Waals surface area contributed by atoms with Gasteiger partial charge in [-0.25, -0.2) is 4.79 Å². The Balaban J connectivity index is 2.22. The number of fused-ring (bicyclic) bond motifs is 1. The molecule has 0 radical (unpaired) electrons. The zero-order chi connectivity index (χ0) is 17.7. The summed E-state index contributed by atoms with van der Waals surface area (Å²) in [6.07, 6.45) is 6.05. The molecule has 7 heteroatoms. The molecule has 0 bridgehead atoms. The Morgan fingerprint density at radius 3 is 2.67 bits per heavy atom. The Labute approximate surface area is 141 Å². The maximum Gasteiger partial charge on any atom is 0.408 e. The number of allylic oxidation sites excluding steroid dienone is 1. The van der Waals surface area contributed by atoms with Crippen LogP contribution in [0.2, 0.25) is 0 Å². The maximum atomic E-state index is 12.1. The minimum atomic E-state index is -0.575. The molecule has 0 saturated carbocycles. The molecule has 0 spiro atoms. The van der Waals surface area contributed by atoms with Gasteiger partial charge < -0.3 is 14.8 Å². The van der Waals surface area contributed by atoms with Crippen molar-refractivity contribution < 1.29 is 19.1 Å². The average Bonchev–Trinajstić information content (AvgIpc) is 2.66. The second-order valence-electron chi connectivity index (χ2n) is 6.55.